The summed E-state index contributed by atoms with van der Waals surface area (Å²) >= 11 is 0. The van der Waals surface area contributed by atoms with Crippen LogP contribution in [-0.2, 0) is 6.54 Å². The monoisotopic (exact) mass is 258 g/mol. The zero-order valence-electron chi connectivity index (χ0n) is 12.4. The predicted molar refractivity (Wildman–Crippen MR) is 80.3 cm³/mol. The van der Waals surface area contributed by atoms with Crippen molar-refractivity contribution in [1.29, 1.82) is 0 Å². The standard InChI is InChI=1S/C17H26N2/c1-12-6-13(2)8-15(7-12)10-19-11-17(16-4-5-16)18-9-14(19)3/h6-8,14,16-18H,4-5,9-11H2,1-3H3. The van der Waals surface area contributed by atoms with Crippen LogP contribution in [-0.4, -0.2) is 30.1 Å². The van der Waals surface area contributed by atoms with Crippen LogP contribution in [0.4, 0.5) is 0 Å². The highest BCUT2D eigenvalue weighted by molar-refractivity contribution is 5.28. The molecular weight excluding hydrogens is 232 g/mol. The Balaban J connectivity index is 1.69. The van der Waals surface area contributed by atoms with E-state index in [1.54, 1.807) is 0 Å². The molecule has 1 aliphatic heterocycles. The molecule has 1 aromatic carbocycles. The number of aryl methyl sites for hydroxylation is 2. The van der Waals surface area contributed by atoms with Crippen LogP contribution in [0.25, 0.3) is 0 Å². The minimum Gasteiger partial charge on any atom is -0.311 e. The second-order valence-electron chi connectivity index (χ2n) is 6.63. The van der Waals surface area contributed by atoms with Crippen molar-refractivity contribution in [2.75, 3.05) is 13.1 Å². The summed E-state index contributed by atoms with van der Waals surface area (Å²) in [5, 5.41) is 3.73. The van der Waals surface area contributed by atoms with Gasteiger partial charge in [0.25, 0.3) is 0 Å². The highest BCUT2D eigenvalue weighted by Gasteiger charge is 2.35. The Bertz CT molecular complexity index is 430. The van der Waals surface area contributed by atoms with Gasteiger partial charge in [0.05, 0.1) is 0 Å². The van der Waals surface area contributed by atoms with E-state index >= 15 is 0 Å². The Morgan fingerprint density at radius 2 is 1.84 bits per heavy atom. The fraction of sp³-hybridized carbons (Fsp3) is 0.647. The van der Waals surface area contributed by atoms with Gasteiger partial charge in [0.1, 0.15) is 0 Å². The molecule has 2 heteroatoms. The summed E-state index contributed by atoms with van der Waals surface area (Å²) in [6.07, 6.45) is 2.87. The van der Waals surface area contributed by atoms with Crippen LogP contribution in [0.5, 0.6) is 0 Å². The molecule has 104 valence electrons. The Morgan fingerprint density at radius 3 is 2.47 bits per heavy atom. The maximum atomic E-state index is 3.73. The van der Waals surface area contributed by atoms with E-state index in [1.807, 2.05) is 0 Å². The van der Waals surface area contributed by atoms with Crippen LogP contribution in [0.1, 0.15) is 36.5 Å². The Hall–Kier alpha value is -0.860. The van der Waals surface area contributed by atoms with Gasteiger partial charge in [0, 0.05) is 31.7 Å². The maximum absolute atomic E-state index is 3.73. The summed E-state index contributed by atoms with van der Waals surface area (Å²) in [5.41, 5.74) is 4.24. The summed E-state index contributed by atoms with van der Waals surface area (Å²) in [5.74, 6) is 0.953. The molecule has 0 radical (unpaired) electrons. The van der Waals surface area contributed by atoms with Crippen molar-refractivity contribution in [3.8, 4) is 0 Å². The van der Waals surface area contributed by atoms with Crippen molar-refractivity contribution in [2.24, 2.45) is 5.92 Å². The highest BCUT2D eigenvalue weighted by Crippen LogP contribution is 2.34. The number of nitrogens with zero attached hydrogens (tertiary/aromatic N) is 1. The van der Waals surface area contributed by atoms with Gasteiger partial charge in [-0.05, 0) is 45.1 Å². The molecule has 2 aliphatic rings. The molecular formula is C17H26N2. The van der Waals surface area contributed by atoms with E-state index in [9.17, 15) is 0 Å². The molecule has 2 nitrogen and oxygen atoms in total. The Morgan fingerprint density at radius 1 is 1.16 bits per heavy atom. The molecule has 3 rings (SSSR count). The number of benzene rings is 1. The largest absolute Gasteiger partial charge is 0.311 e. The Kier molecular flexibility index (Phi) is 3.64. The number of hydrogen-bond acceptors (Lipinski definition) is 2. The van der Waals surface area contributed by atoms with Crippen molar-refractivity contribution >= 4 is 0 Å². The molecule has 1 saturated carbocycles. The summed E-state index contributed by atoms with van der Waals surface area (Å²) in [7, 11) is 0. The van der Waals surface area contributed by atoms with Gasteiger partial charge in [0.2, 0.25) is 0 Å². The first kappa shape index (κ1) is 13.1. The van der Waals surface area contributed by atoms with Crippen LogP contribution in [0.3, 0.4) is 0 Å². The molecule has 1 saturated heterocycles. The van der Waals surface area contributed by atoms with Gasteiger partial charge in [-0.1, -0.05) is 29.3 Å². The van der Waals surface area contributed by atoms with Crippen LogP contribution in [0.2, 0.25) is 0 Å². The van der Waals surface area contributed by atoms with E-state index < -0.39 is 0 Å². The summed E-state index contributed by atoms with van der Waals surface area (Å²) in [6, 6.07) is 8.33. The second-order valence-corrected chi connectivity index (χ2v) is 6.63. The SMILES string of the molecule is Cc1cc(C)cc(CN2CC(C3CC3)NCC2C)c1. The third kappa shape index (κ3) is 3.18. The molecule has 1 aliphatic carbocycles. The van der Waals surface area contributed by atoms with Crippen molar-refractivity contribution in [3.63, 3.8) is 0 Å². The van der Waals surface area contributed by atoms with Gasteiger partial charge in [-0.15, -0.1) is 0 Å². The summed E-state index contributed by atoms with van der Waals surface area (Å²) < 4.78 is 0. The van der Waals surface area contributed by atoms with Crippen LogP contribution >= 0.6 is 0 Å². The molecule has 2 unspecified atom stereocenters. The highest BCUT2D eigenvalue weighted by atomic mass is 15.2. The smallest absolute Gasteiger partial charge is 0.0237 e. The van der Waals surface area contributed by atoms with E-state index in [2.05, 4.69) is 49.2 Å². The maximum Gasteiger partial charge on any atom is 0.0237 e. The van der Waals surface area contributed by atoms with Crippen LogP contribution in [0.15, 0.2) is 18.2 Å². The number of hydrogen-bond donors (Lipinski definition) is 1. The van der Waals surface area contributed by atoms with Crippen LogP contribution < -0.4 is 5.32 Å². The average Bonchev–Trinajstić information content (AvgIpc) is 3.14. The number of rotatable bonds is 3. The van der Waals surface area contributed by atoms with Gasteiger partial charge in [0.15, 0.2) is 0 Å². The number of piperazine rings is 1. The predicted octanol–water partition coefficient (Wildman–Crippen LogP) is 2.88. The molecule has 0 amide bonds. The number of nitrogens with one attached hydrogen (secondary N) is 1. The molecule has 1 N–H and O–H groups in total. The normalized spacial score (nSPS) is 28.6. The quantitative estimate of drug-likeness (QED) is 0.897. The molecule has 19 heavy (non-hydrogen) atoms. The van der Waals surface area contributed by atoms with Gasteiger partial charge in [-0.25, -0.2) is 0 Å². The fourth-order valence-corrected chi connectivity index (χ4v) is 3.38. The fourth-order valence-electron chi connectivity index (χ4n) is 3.38. The van der Waals surface area contributed by atoms with E-state index in [0.29, 0.717) is 6.04 Å². The first-order valence-corrected chi connectivity index (χ1v) is 7.66. The molecule has 2 atom stereocenters. The van der Waals surface area contributed by atoms with Gasteiger partial charge < -0.3 is 5.32 Å². The van der Waals surface area contributed by atoms with E-state index in [0.717, 1.165) is 25.0 Å². The molecule has 0 spiro atoms. The molecule has 0 bridgehead atoms. The van der Waals surface area contributed by atoms with Crippen molar-refractivity contribution in [1.82, 2.24) is 10.2 Å². The lowest BCUT2D eigenvalue weighted by atomic mass is 10.0. The topological polar surface area (TPSA) is 15.3 Å². The summed E-state index contributed by atoms with van der Waals surface area (Å²) in [4.78, 5) is 2.66. The molecule has 2 fully saturated rings. The van der Waals surface area contributed by atoms with Crippen molar-refractivity contribution in [2.45, 2.75) is 52.2 Å². The lowest BCUT2D eigenvalue weighted by molar-refractivity contribution is 0.125. The van der Waals surface area contributed by atoms with E-state index in [4.69, 9.17) is 0 Å². The molecule has 1 aromatic rings. The van der Waals surface area contributed by atoms with Gasteiger partial charge in [-0.2, -0.15) is 0 Å². The lowest BCUT2D eigenvalue weighted by Gasteiger charge is -2.39. The van der Waals surface area contributed by atoms with Crippen LogP contribution in [0, 0.1) is 19.8 Å². The third-order valence-corrected chi connectivity index (χ3v) is 4.59. The molecule has 0 aromatic heterocycles. The summed E-state index contributed by atoms with van der Waals surface area (Å²) in [6.45, 7) is 10.2. The minimum atomic E-state index is 0.649. The lowest BCUT2D eigenvalue weighted by Crippen LogP contribution is -2.55. The minimum absolute atomic E-state index is 0.649. The van der Waals surface area contributed by atoms with Crippen molar-refractivity contribution in [3.05, 3.63) is 34.9 Å². The molecule has 1 heterocycles. The first-order chi connectivity index (χ1) is 9.11. The van der Waals surface area contributed by atoms with E-state index in [1.165, 1.54) is 36.1 Å². The van der Waals surface area contributed by atoms with Gasteiger partial charge in [-0.3, -0.25) is 4.90 Å². The average molecular weight is 258 g/mol. The van der Waals surface area contributed by atoms with Gasteiger partial charge >= 0.3 is 0 Å². The zero-order valence-corrected chi connectivity index (χ0v) is 12.4. The third-order valence-electron chi connectivity index (χ3n) is 4.59. The van der Waals surface area contributed by atoms with E-state index in [-0.39, 0.29) is 0 Å². The zero-order chi connectivity index (χ0) is 13.4. The Labute approximate surface area is 117 Å². The first-order valence-electron chi connectivity index (χ1n) is 7.66. The van der Waals surface area contributed by atoms with Crippen molar-refractivity contribution < 1.29 is 0 Å². The second kappa shape index (κ2) is 5.26.